The number of hydrazine groups is 1. The molecule has 0 aliphatic carbocycles. The van der Waals surface area contributed by atoms with Gasteiger partial charge in [-0.15, -0.1) is 11.8 Å². The Kier molecular flexibility index (Phi) is 5.59. The molecule has 1 aliphatic heterocycles. The van der Waals surface area contributed by atoms with Gasteiger partial charge in [0.25, 0.3) is 11.8 Å². The van der Waals surface area contributed by atoms with E-state index >= 15 is 0 Å². The number of carbonyl (C=O) groups is 3. The van der Waals surface area contributed by atoms with E-state index in [0.29, 0.717) is 10.5 Å². The zero-order valence-electron chi connectivity index (χ0n) is 14.2. The average Bonchev–Trinajstić information content (AvgIpc) is 2.68. The largest absolute Gasteiger partial charge is 0.416 e. The van der Waals surface area contributed by atoms with Crippen molar-refractivity contribution in [1.82, 2.24) is 10.9 Å². The first-order valence-corrected chi connectivity index (χ1v) is 9.03. The Morgan fingerprint density at radius 3 is 2.46 bits per heavy atom. The maximum absolute atomic E-state index is 13.0. The number of hydrogen-bond acceptors (Lipinski definition) is 4. The van der Waals surface area contributed by atoms with E-state index < -0.39 is 36.0 Å². The number of carbonyl (C=O) groups excluding carboxylic acids is 3. The maximum Gasteiger partial charge on any atom is 0.416 e. The molecule has 0 saturated heterocycles. The summed E-state index contributed by atoms with van der Waals surface area (Å²) >= 11 is 1.10. The van der Waals surface area contributed by atoms with Gasteiger partial charge in [0.1, 0.15) is 6.54 Å². The Hall–Kier alpha value is -3.01. The molecule has 0 radical (unpaired) electrons. The van der Waals surface area contributed by atoms with E-state index in [0.717, 1.165) is 28.8 Å². The van der Waals surface area contributed by atoms with Crippen LogP contribution in [0.5, 0.6) is 0 Å². The SMILES string of the molecule is O=C(CN1C(=O)CSc2ccc(C(F)(F)F)cc21)NNC(=O)c1ccccc1. The molecular formula is C18H14F3N3O3S. The van der Waals surface area contributed by atoms with E-state index in [9.17, 15) is 27.6 Å². The molecule has 28 heavy (non-hydrogen) atoms. The van der Waals surface area contributed by atoms with Gasteiger partial charge in [0.15, 0.2) is 0 Å². The molecule has 0 atom stereocenters. The molecule has 0 fully saturated rings. The molecule has 1 aliphatic rings. The summed E-state index contributed by atoms with van der Waals surface area (Å²) in [6, 6.07) is 11.2. The van der Waals surface area contributed by atoms with E-state index in [1.165, 1.54) is 6.07 Å². The van der Waals surface area contributed by atoms with Gasteiger partial charge in [0, 0.05) is 10.5 Å². The minimum absolute atomic E-state index is 0.00200. The molecule has 0 spiro atoms. The van der Waals surface area contributed by atoms with Gasteiger partial charge in [-0.1, -0.05) is 18.2 Å². The van der Waals surface area contributed by atoms with E-state index in [-0.39, 0.29) is 11.4 Å². The molecule has 2 N–H and O–H groups in total. The third-order valence-corrected chi connectivity index (χ3v) is 4.93. The lowest BCUT2D eigenvalue weighted by atomic mass is 10.1. The van der Waals surface area contributed by atoms with Crippen molar-refractivity contribution < 1.29 is 27.6 Å². The zero-order chi connectivity index (χ0) is 20.3. The Morgan fingerprint density at radius 1 is 1.07 bits per heavy atom. The summed E-state index contributed by atoms with van der Waals surface area (Å²) in [4.78, 5) is 37.7. The molecule has 3 amide bonds. The molecule has 2 aromatic rings. The lowest BCUT2D eigenvalue weighted by Crippen LogP contribution is -2.49. The van der Waals surface area contributed by atoms with Gasteiger partial charge in [0.05, 0.1) is 17.0 Å². The number of halogens is 3. The van der Waals surface area contributed by atoms with Crippen LogP contribution in [-0.4, -0.2) is 30.0 Å². The lowest BCUT2D eigenvalue weighted by molar-refractivity contribution is -0.137. The van der Waals surface area contributed by atoms with Crippen LogP contribution in [0.4, 0.5) is 18.9 Å². The quantitative estimate of drug-likeness (QED) is 0.764. The average molecular weight is 409 g/mol. The zero-order valence-corrected chi connectivity index (χ0v) is 15.1. The summed E-state index contributed by atoms with van der Waals surface area (Å²) in [5, 5.41) is 0. The van der Waals surface area contributed by atoms with Gasteiger partial charge in [-0.2, -0.15) is 13.2 Å². The van der Waals surface area contributed by atoms with Gasteiger partial charge in [-0.25, -0.2) is 0 Å². The summed E-state index contributed by atoms with van der Waals surface area (Å²) in [5.41, 5.74) is 3.78. The molecule has 2 aromatic carbocycles. The highest BCUT2D eigenvalue weighted by Crippen LogP contribution is 2.39. The van der Waals surface area contributed by atoms with Crippen molar-refractivity contribution in [2.45, 2.75) is 11.1 Å². The van der Waals surface area contributed by atoms with Crippen molar-refractivity contribution in [2.75, 3.05) is 17.2 Å². The van der Waals surface area contributed by atoms with Gasteiger partial charge >= 0.3 is 6.18 Å². The number of nitrogens with zero attached hydrogens (tertiary/aromatic N) is 1. The fraction of sp³-hybridized carbons (Fsp3) is 0.167. The number of benzene rings is 2. The summed E-state index contributed by atoms with van der Waals surface area (Å²) in [6.07, 6.45) is -4.57. The fourth-order valence-corrected chi connectivity index (χ4v) is 3.44. The number of amides is 3. The summed E-state index contributed by atoms with van der Waals surface area (Å²) < 4.78 is 38.9. The number of anilines is 1. The summed E-state index contributed by atoms with van der Waals surface area (Å²) in [6.45, 7) is -0.525. The number of alkyl halides is 3. The van der Waals surface area contributed by atoms with Crippen molar-refractivity contribution in [1.29, 1.82) is 0 Å². The second-order valence-corrected chi connectivity index (χ2v) is 6.83. The van der Waals surface area contributed by atoms with Crippen LogP contribution in [-0.2, 0) is 15.8 Å². The Bertz CT molecular complexity index is 919. The Labute approximate surface area is 162 Å². The van der Waals surface area contributed by atoms with Crippen molar-refractivity contribution in [3.63, 3.8) is 0 Å². The maximum atomic E-state index is 13.0. The van der Waals surface area contributed by atoms with Crippen LogP contribution in [0.2, 0.25) is 0 Å². The Morgan fingerprint density at radius 2 is 1.79 bits per heavy atom. The van der Waals surface area contributed by atoms with Crippen molar-refractivity contribution >= 4 is 35.2 Å². The molecule has 0 bridgehead atoms. The normalized spacial score (nSPS) is 13.7. The highest BCUT2D eigenvalue weighted by atomic mass is 32.2. The van der Waals surface area contributed by atoms with E-state index in [4.69, 9.17) is 0 Å². The fourth-order valence-electron chi connectivity index (χ4n) is 2.52. The first kappa shape index (κ1) is 19.7. The van der Waals surface area contributed by atoms with Crippen LogP contribution in [0.15, 0.2) is 53.4 Å². The first-order chi connectivity index (χ1) is 13.3. The van der Waals surface area contributed by atoms with Crippen molar-refractivity contribution in [2.24, 2.45) is 0 Å². The second-order valence-electron chi connectivity index (χ2n) is 5.82. The topological polar surface area (TPSA) is 78.5 Å². The number of fused-ring (bicyclic) bond motifs is 1. The van der Waals surface area contributed by atoms with Crippen LogP contribution < -0.4 is 15.8 Å². The van der Waals surface area contributed by atoms with Crippen molar-refractivity contribution in [3.05, 3.63) is 59.7 Å². The van der Waals surface area contributed by atoms with Crippen molar-refractivity contribution in [3.8, 4) is 0 Å². The van der Waals surface area contributed by atoms with E-state index in [2.05, 4.69) is 10.9 Å². The van der Waals surface area contributed by atoms with Gasteiger partial charge < -0.3 is 4.90 Å². The van der Waals surface area contributed by atoms with Crippen LogP contribution in [0.1, 0.15) is 15.9 Å². The highest BCUT2D eigenvalue weighted by Gasteiger charge is 2.34. The third kappa shape index (κ3) is 4.45. The van der Waals surface area contributed by atoms with Crippen LogP contribution in [0.3, 0.4) is 0 Å². The van der Waals surface area contributed by atoms with Gasteiger partial charge in [-0.05, 0) is 30.3 Å². The van der Waals surface area contributed by atoms with Crippen LogP contribution >= 0.6 is 11.8 Å². The molecule has 146 valence electrons. The molecule has 0 saturated carbocycles. The smallest absolute Gasteiger partial charge is 0.301 e. The summed E-state index contributed by atoms with van der Waals surface area (Å²) in [7, 11) is 0. The predicted molar refractivity (Wildman–Crippen MR) is 96.6 cm³/mol. The monoisotopic (exact) mass is 409 g/mol. The number of thioether (sulfide) groups is 1. The number of hydrogen-bond donors (Lipinski definition) is 2. The molecule has 0 unspecified atom stereocenters. The molecular weight excluding hydrogens is 395 g/mol. The van der Waals surface area contributed by atoms with E-state index in [1.54, 1.807) is 30.3 Å². The minimum Gasteiger partial charge on any atom is -0.301 e. The highest BCUT2D eigenvalue weighted by molar-refractivity contribution is 8.00. The number of rotatable bonds is 3. The van der Waals surface area contributed by atoms with Crippen LogP contribution in [0.25, 0.3) is 0 Å². The predicted octanol–water partition coefficient (Wildman–Crippen LogP) is 2.61. The molecule has 0 aromatic heterocycles. The third-order valence-electron chi connectivity index (χ3n) is 3.88. The first-order valence-electron chi connectivity index (χ1n) is 8.04. The van der Waals surface area contributed by atoms with Crippen LogP contribution in [0, 0.1) is 0 Å². The second kappa shape index (κ2) is 7.93. The van der Waals surface area contributed by atoms with Gasteiger partial charge in [-0.3, -0.25) is 25.2 Å². The Balaban J connectivity index is 1.71. The number of nitrogens with one attached hydrogen (secondary N) is 2. The molecule has 6 nitrogen and oxygen atoms in total. The lowest BCUT2D eigenvalue weighted by Gasteiger charge is -2.29. The molecule has 1 heterocycles. The van der Waals surface area contributed by atoms with E-state index in [1.807, 2.05) is 0 Å². The standard InChI is InChI=1S/C18H14F3N3O3S/c19-18(20,21)12-6-7-14-13(8-12)24(16(26)10-28-14)9-15(25)22-23-17(27)11-4-2-1-3-5-11/h1-8H,9-10H2,(H,22,25)(H,23,27). The summed E-state index contributed by atoms with van der Waals surface area (Å²) in [5.74, 6) is -1.80. The molecule has 3 rings (SSSR count). The minimum atomic E-state index is -4.57. The molecule has 10 heteroatoms. The van der Waals surface area contributed by atoms with Gasteiger partial charge in [0.2, 0.25) is 5.91 Å².